The molecule has 0 aliphatic heterocycles. The van der Waals surface area contributed by atoms with Crippen molar-refractivity contribution in [3.05, 3.63) is 28.6 Å². The number of aryl methyl sites for hydroxylation is 3. The standard InChI is InChI=1S/C11H15N5S/c1-8-4-6-15(14-8)7-5-10-12-13-11(17)16(10)9-2-3-9/h4,6,9H,2-3,5,7H2,1H3,(H,13,17). The van der Waals surface area contributed by atoms with Crippen LogP contribution in [0.4, 0.5) is 0 Å². The van der Waals surface area contributed by atoms with Crippen LogP contribution >= 0.6 is 12.2 Å². The highest BCUT2D eigenvalue weighted by atomic mass is 32.1. The van der Waals surface area contributed by atoms with Crippen LogP contribution in [0.5, 0.6) is 0 Å². The van der Waals surface area contributed by atoms with Crippen LogP contribution in [0.15, 0.2) is 12.3 Å². The van der Waals surface area contributed by atoms with E-state index in [1.807, 2.05) is 23.9 Å². The smallest absolute Gasteiger partial charge is 0.195 e. The van der Waals surface area contributed by atoms with Gasteiger partial charge in [-0.3, -0.25) is 9.78 Å². The minimum Gasteiger partial charge on any atom is -0.301 e. The Kier molecular flexibility index (Phi) is 2.58. The molecule has 1 N–H and O–H groups in total. The summed E-state index contributed by atoms with van der Waals surface area (Å²) >= 11 is 5.25. The Morgan fingerprint density at radius 3 is 3.00 bits per heavy atom. The lowest BCUT2D eigenvalue weighted by Gasteiger charge is -2.04. The highest BCUT2D eigenvalue weighted by Gasteiger charge is 2.26. The predicted molar refractivity (Wildman–Crippen MR) is 66.4 cm³/mol. The second-order valence-electron chi connectivity index (χ2n) is 4.52. The molecule has 0 amide bonds. The molecule has 1 saturated carbocycles. The Bertz CT molecular complexity index is 575. The topological polar surface area (TPSA) is 51.4 Å². The lowest BCUT2D eigenvalue weighted by molar-refractivity contribution is 0.569. The van der Waals surface area contributed by atoms with Crippen molar-refractivity contribution in [2.45, 2.75) is 38.8 Å². The van der Waals surface area contributed by atoms with Crippen LogP contribution in [0.25, 0.3) is 0 Å². The molecule has 0 unspecified atom stereocenters. The minimum absolute atomic E-state index is 0.579. The van der Waals surface area contributed by atoms with Crippen molar-refractivity contribution in [1.82, 2.24) is 24.5 Å². The van der Waals surface area contributed by atoms with Gasteiger partial charge in [0.25, 0.3) is 0 Å². The van der Waals surface area contributed by atoms with E-state index >= 15 is 0 Å². The summed E-state index contributed by atoms with van der Waals surface area (Å²) in [5.74, 6) is 1.05. The molecule has 0 atom stereocenters. The van der Waals surface area contributed by atoms with E-state index in [1.54, 1.807) is 0 Å². The zero-order valence-corrected chi connectivity index (χ0v) is 10.6. The summed E-state index contributed by atoms with van der Waals surface area (Å²) in [6.07, 6.45) is 5.31. The quantitative estimate of drug-likeness (QED) is 0.843. The van der Waals surface area contributed by atoms with Crippen molar-refractivity contribution in [3.8, 4) is 0 Å². The molecule has 1 fully saturated rings. The number of H-pyrrole nitrogens is 1. The van der Waals surface area contributed by atoms with Crippen molar-refractivity contribution >= 4 is 12.2 Å². The summed E-state index contributed by atoms with van der Waals surface area (Å²) in [5, 5.41) is 11.6. The fraction of sp³-hybridized carbons (Fsp3) is 0.545. The van der Waals surface area contributed by atoms with Crippen LogP contribution in [-0.4, -0.2) is 24.5 Å². The third-order valence-electron chi connectivity index (χ3n) is 3.03. The largest absolute Gasteiger partial charge is 0.301 e. The molecule has 1 aliphatic rings. The van der Waals surface area contributed by atoms with E-state index in [0.29, 0.717) is 6.04 Å². The maximum absolute atomic E-state index is 5.25. The minimum atomic E-state index is 0.579. The van der Waals surface area contributed by atoms with Crippen molar-refractivity contribution in [2.24, 2.45) is 0 Å². The van der Waals surface area contributed by atoms with Crippen molar-refractivity contribution in [3.63, 3.8) is 0 Å². The first-order valence-corrected chi connectivity index (χ1v) is 6.31. The number of nitrogens with zero attached hydrogens (tertiary/aromatic N) is 4. The lowest BCUT2D eigenvalue weighted by atomic mass is 10.4. The molecule has 0 radical (unpaired) electrons. The van der Waals surface area contributed by atoms with Gasteiger partial charge in [0.15, 0.2) is 4.77 Å². The fourth-order valence-electron chi connectivity index (χ4n) is 2.03. The van der Waals surface area contributed by atoms with E-state index in [0.717, 1.165) is 29.3 Å². The van der Waals surface area contributed by atoms with E-state index in [4.69, 9.17) is 12.2 Å². The Balaban J connectivity index is 1.75. The average molecular weight is 249 g/mol. The molecule has 2 aromatic rings. The molecule has 0 bridgehead atoms. The van der Waals surface area contributed by atoms with Crippen molar-refractivity contribution in [1.29, 1.82) is 0 Å². The number of aromatic nitrogens is 5. The van der Waals surface area contributed by atoms with Crippen LogP contribution < -0.4 is 0 Å². The number of hydrogen-bond acceptors (Lipinski definition) is 3. The van der Waals surface area contributed by atoms with Gasteiger partial charge in [-0.15, -0.1) is 0 Å². The van der Waals surface area contributed by atoms with Gasteiger partial charge < -0.3 is 4.57 Å². The SMILES string of the molecule is Cc1ccn(CCc2n[nH]c(=S)n2C2CC2)n1. The molecule has 0 aromatic carbocycles. The van der Waals surface area contributed by atoms with Crippen LogP contribution in [-0.2, 0) is 13.0 Å². The van der Waals surface area contributed by atoms with Gasteiger partial charge in [0, 0.05) is 25.2 Å². The molecule has 2 aromatic heterocycles. The summed E-state index contributed by atoms with van der Waals surface area (Å²) < 4.78 is 4.86. The van der Waals surface area contributed by atoms with Crippen LogP contribution in [0.2, 0.25) is 0 Å². The second kappa shape index (κ2) is 4.10. The monoisotopic (exact) mass is 249 g/mol. The van der Waals surface area contributed by atoms with E-state index in [-0.39, 0.29) is 0 Å². The summed E-state index contributed by atoms with van der Waals surface area (Å²) in [5.41, 5.74) is 1.05. The number of nitrogens with one attached hydrogen (secondary N) is 1. The molecule has 3 rings (SSSR count). The van der Waals surface area contributed by atoms with Crippen molar-refractivity contribution < 1.29 is 0 Å². The molecule has 17 heavy (non-hydrogen) atoms. The summed E-state index contributed by atoms with van der Waals surface area (Å²) in [6, 6.07) is 2.59. The van der Waals surface area contributed by atoms with Crippen LogP contribution in [0.1, 0.15) is 30.4 Å². The second-order valence-corrected chi connectivity index (χ2v) is 4.90. The van der Waals surface area contributed by atoms with E-state index < -0.39 is 0 Å². The maximum atomic E-state index is 5.25. The van der Waals surface area contributed by atoms with E-state index in [9.17, 15) is 0 Å². The highest BCUT2D eigenvalue weighted by molar-refractivity contribution is 7.71. The first-order valence-electron chi connectivity index (χ1n) is 5.90. The van der Waals surface area contributed by atoms with E-state index in [1.165, 1.54) is 12.8 Å². The van der Waals surface area contributed by atoms with Gasteiger partial charge in [-0.25, -0.2) is 0 Å². The zero-order chi connectivity index (χ0) is 11.8. The Hall–Kier alpha value is -1.43. The summed E-state index contributed by atoms with van der Waals surface area (Å²) in [4.78, 5) is 0. The Labute approximate surface area is 104 Å². The normalized spacial score (nSPS) is 15.4. The third kappa shape index (κ3) is 2.17. The van der Waals surface area contributed by atoms with Crippen molar-refractivity contribution in [2.75, 3.05) is 0 Å². The molecule has 0 saturated heterocycles. The van der Waals surface area contributed by atoms with Gasteiger partial charge in [-0.05, 0) is 38.0 Å². The van der Waals surface area contributed by atoms with E-state index in [2.05, 4.69) is 19.9 Å². The number of hydrogen-bond donors (Lipinski definition) is 1. The van der Waals surface area contributed by atoms with Gasteiger partial charge in [0.05, 0.1) is 5.69 Å². The molecule has 5 nitrogen and oxygen atoms in total. The first kappa shape index (κ1) is 10.7. The maximum Gasteiger partial charge on any atom is 0.195 e. The van der Waals surface area contributed by atoms with Crippen LogP contribution in [0.3, 0.4) is 0 Å². The highest BCUT2D eigenvalue weighted by Crippen LogP contribution is 2.35. The first-order chi connectivity index (χ1) is 8.24. The molecular formula is C11H15N5S. The fourth-order valence-corrected chi connectivity index (χ4v) is 2.33. The molecular weight excluding hydrogens is 234 g/mol. The number of rotatable bonds is 4. The molecule has 6 heteroatoms. The molecule has 2 heterocycles. The lowest BCUT2D eigenvalue weighted by Crippen LogP contribution is -2.08. The van der Waals surface area contributed by atoms with Gasteiger partial charge >= 0.3 is 0 Å². The average Bonchev–Trinajstić information content (AvgIpc) is 2.95. The molecule has 90 valence electrons. The molecule has 0 spiro atoms. The van der Waals surface area contributed by atoms with Crippen LogP contribution in [0, 0.1) is 11.7 Å². The Morgan fingerprint density at radius 1 is 1.53 bits per heavy atom. The van der Waals surface area contributed by atoms with Gasteiger partial charge in [-0.1, -0.05) is 0 Å². The van der Waals surface area contributed by atoms with Gasteiger partial charge in [0.1, 0.15) is 5.82 Å². The molecule has 1 aliphatic carbocycles. The predicted octanol–water partition coefficient (Wildman–Crippen LogP) is 2.02. The van der Waals surface area contributed by atoms with Gasteiger partial charge in [0.2, 0.25) is 0 Å². The summed E-state index contributed by atoms with van der Waals surface area (Å²) in [6.45, 7) is 2.84. The number of aromatic amines is 1. The zero-order valence-electron chi connectivity index (χ0n) is 9.76. The Morgan fingerprint density at radius 2 is 2.35 bits per heavy atom. The third-order valence-corrected chi connectivity index (χ3v) is 3.32. The summed E-state index contributed by atoms with van der Waals surface area (Å²) in [7, 11) is 0. The van der Waals surface area contributed by atoms with Gasteiger partial charge in [-0.2, -0.15) is 10.2 Å².